The van der Waals surface area contributed by atoms with Crippen molar-refractivity contribution in [3.05, 3.63) is 106 Å². The fourth-order valence-electron chi connectivity index (χ4n) is 5.27. The number of aryl methyl sites for hydroxylation is 1. The first-order valence-electron chi connectivity index (χ1n) is 14.2. The molecule has 1 aliphatic heterocycles. The number of amides is 4. The molecule has 1 fully saturated rings. The number of H-pyrrole nitrogens is 1. The van der Waals surface area contributed by atoms with Crippen LogP contribution >= 0.6 is 15.9 Å². The van der Waals surface area contributed by atoms with E-state index in [4.69, 9.17) is 9.72 Å². The topological polar surface area (TPSA) is 108 Å². The number of carbonyl (C=O) groups excluding carboxylic acids is 3. The molecule has 228 valence electrons. The van der Waals surface area contributed by atoms with Gasteiger partial charge in [0.2, 0.25) is 0 Å². The van der Waals surface area contributed by atoms with Gasteiger partial charge >= 0.3 is 6.03 Å². The Labute approximate surface area is 263 Å². The van der Waals surface area contributed by atoms with Crippen molar-refractivity contribution in [2.75, 3.05) is 20.7 Å². The van der Waals surface area contributed by atoms with Crippen molar-refractivity contribution < 1.29 is 23.5 Å². The van der Waals surface area contributed by atoms with Crippen molar-refractivity contribution >= 4 is 33.8 Å². The Morgan fingerprint density at radius 3 is 2.43 bits per heavy atom. The number of ether oxygens (including phenoxy) is 1. The van der Waals surface area contributed by atoms with Gasteiger partial charge in [-0.05, 0) is 47.9 Å². The highest BCUT2D eigenvalue weighted by molar-refractivity contribution is 9.10. The number of urea groups is 1. The van der Waals surface area contributed by atoms with Gasteiger partial charge in [-0.3, -0.25) is 14.5 Å². The minimum absolute atomic E-state index is 0.118. The summed E-state index contributed by atoms with van der Waals surface area (Å²) >= 11 is 3.30. The second kappa shape index (κ2) is 13.0. The molecular weight excluding hydrogens is 629 g/mol. The monoisotopic (exact) mass is 661 g/mol. The lowest BCUT2D eigenvalue weighted by Gasteiger charge is -2.29. The van der Waals surface area contributed by atoms with E-state index in [0.717, 1.165) is 5.56 Å². The summed E-state index contributed by atoms with van der Waals surface area (Å²) in [4.78, 5) is 50.3. The third kappa shape index (κ3) is 6.23. The maximum absolute atomic E-state index is 15.1. The van der Waals surface area contributed by atoms with E-state index in [1.54, 1.807) is 50.5 Å². The maximum Gasteiger partial charge on any atom is 0.325 e. The number of hydrogen-bond donors (Lipinski definition) is 2. The summed E-state index contributed by atoms with van der Waals surface area (Å²) in [5, 5.41) is 2.82. The Balaban J connectivity index is 1.50. The maximum atomic E-state index is 15.1. The minimum atomic E-state index is -0.936. The van der Waals surface area contributed by atoms with E-state index in [1.165, 1.54) is 15.9 Å². The lowest BCUT2D eigenvalue weighted by Crippen LogP contribution is -2.38. The average molecular weight is 663 g/mol. The van der Waals surface area contributed by atoms with Crippen LogP contribution in [0, 0.1) is 5.82 Å². The molecule has 11 heteroatoms. The van der Waals surface area contributed by atoms with Crippen molar-refractivity contribution in [2.24, 2.45) is 0 Å². The summed E-state index contributed by atoms with van der Waals surface area (Å²) in [6, 6.07) is 18.7. The Morgan fingerprint density at radius 1 is 1.09 bits per heavy atom. The number of likely N-dealkylation sites (N-methyl/N-ethyl adjacent to an activating group) is 1. The van der Waals surface area contributed by atoms with Gasteiger partial charge < -0.3 is 19.9 Å². The largest absolute Gasteiger partial charge is 0.484 e. The summed E-state index contributed by atoms with van der Waals surface area (Å²) in [5.74, 6) is -0.569. The van der Waals surface area contributed by atoms with Gasteiger partial charge in [0, 0.05) is 35.7 Å². The zero-order chi connectivity index (χ0) is 31.5. The van der Waals surface area contributed by atoms with Crippen LogP contribution in [0.1, 0.15) is 54.5 Å². The number of imide groups is 1. The molecule has 1 aromatic heterocycles. The van der Waals surface area contributed by atoms with E-state index in [2.05, 4.69) is 26.2 Å². The van der Waals surface area contributed by atoms with Gasteiger partial charge in [0.05, 0.1) is 5.69 Å². The number of aromatic amines is 1. The molecule has 0 saturated carbocycles. The van der Waals surface area contributed by atoms with Crippen LogP contribution in [0.2, 0.25) is 0 Å². The van der Waals surface area contributed by atoms with Gasteiger partial charge in [0.1, 0.15) is 29.5 Å². The lowest BCUT2D eigenvalue weighted by molar-refractivity contribution is -0.131. The molecule has 0 bridgehead atoms. The van der Waals surface area contributed by atoms with Gasteiger partial charge in [0.25, 0.3) is 11.8 Å². The first-order valence-corrected chi connectivity index (χ1v) is 15.0. The average Bonchev–Trinajstić information content (AvgIpc) is 3.57. The molecule has 0 unspecified atom stereocenters. The van der Waals surface area contributed by atoms with Crippen LogP contribution in [-0.4, -0.2) is 58.3 Å². The van der Waals surface area contributed by atoms with E-state index >= 15 is 4.39 Å². The first kappa shape index (κ1) is 30.9. The Bertz CT molecular complexity index is 1680. The molecule has 3 atom stereocenters. The Morgan fingerprint density at radius 2 is 1.80 bits per heavy atom. The molecule has 4 amide bonds. The van der Waals surface area contributed by atoms with Crippen LogP contribution in [0.25, 0.3) is 11.3 Å². The van der Waals surface area contributed by atoms with Crippen molar-refractivity contribution in [3.8, 4) is 17.0 Å². The SMILES string of the molecule is CCc1[nH]c([C@H]([C@H](C)c2ccccc2)N2C(=O)N[C@H](c3ccc(OCC(=O)N(C)C)cc3)C2=O)nc1-c1ccc(Br)cc1F. The van der Waals surface area contributed by atoms with Crippen molar-refractivity contribution in [3.63, 3.8) is 0 Å². The van der Waals surface area contributed by atoms with Crippen LogP contribution in [-0.2, 0) is 16.0 Å². The van der Waals surface area contributed by atoms with E-state index in [0.29, 0.717) is 45.0 Å². The van der Waals surface area contributed by atoms with Gasteiger partial charge in [-0.1, -0.05) is 72.2 Å². The number of rotatable bonds is 10. The predicted molar refractivity (Wildman–Crippen MR) is 167 cm³/mol. The van der Waals surface area contributed by atoms with E-state index in [9.17, 15) is 14.4 Å². The molecule has 44 heavy (non-hydrogen) atoms. The molecule has 0 aliphatic carbocycles. The minimum Gasteiger partial charge on any atom is -0.484 e. The molecule has 0 spiro atoms. The number of halogens is 2. The molecule has 4 aromatic rings. The van der Waals surface area contributed by atoms with E-state index in [-0.39, 0.29) is 18.4 Å². The van der Waals surface area contributed by atoms with Crippen LogP contribution in [0.15, 0.2) is 77.3 Å². The molecule has 1 aliphatic rings. The molecule has 5 rings (SSSR count). The van der Waals surface area contributed by atoms with Gasteiger partial charge in [-0.15, -0.1) is 0 Å². The van der Waals surface area contributed by atoms with Gasteiger partial charge in [-0.25, -0.2) is 14.2 Å². The normalized spacial score (nSPS) is 16.0. The summed E-state index contributed by atoms with van der Waals surface area (Å²) < 4.78 is 21.2. The van der Waals surface area contributed by atoms with Crippen molar-refractivity contribution in [1.82, 2.24) is 25.1 Å². The van der Waals surface area contributed by atoms with Crippen LogP contribution in [0.4, 0.5) is 9.18 Å². The van der Waals surface area contributed by atoms with Crippen LogP contribution < -0.4 is 10.1 Å². The van der Waals surface area contributed by atoms with Crippen molar-refractivity contribution in [1.29, 1.82) is 0 Å². The molecule has 3 aromatic carbocycles. The zero-order valence-corrected chi connectivity index (χ0v) is 26.4. The molecule has 0 radical (unpaired) electrons. The zero-order valence-electron chi connectivity index (χ0n) is 24.8. The summed E-state index contributed by atoms with van der Waals surface area (Å²) in [6.45, 7) is 3.75. The molecule has 2 heterocycles. The second-order valence-electron chi connectivity index (χ2n) is 10.8. The van der Waals surface area contributed by atoms with Crippen molar-refractivity contribution in [2.45, 2.75) is 38.3 Å². The first-order chi connectivity index (χ1) is 21.1. The van der Waals surface area contributed by atoms with Gasteiger partial charge in [-0.2, -0.15) is 0 Å². The lowest BCUT2D eigenvalue weighted by atomic mass is 9.91. The van der Waals surface area contributed by atoms with Crippen LogP contribution in [0.3, 0.4) is 0 Å². The second-order valence-corrected chi connectivity index (χ2v) is 11.7. The summed E-state index contributed by atoms with van der Waals surface area (Å²) in [5.41, 5.74) is 2.92. The number of benzene rings is 3. The molecular formula is C33H33BrFN5O4. The third-order valence-electron chi connectivity index (χ3n) is 7.74. The number of hydrogen-bond acceptors (Lipinski definition) is 5. The highest BCUT2D eigenvalue weighted by atomic mass is 79.9. The fraction of sp³-hybridized carbons (Fsp3) is 0.273. The molecule has 2 N–H and O–H groups in total. The van der Waals surface area contributed by atoms with E-state index < -0.39 is 29.8 Å². The fourth-order valence-corrected chi connectivity index (χ4v) is 5.60. The number of aromatic nitrogens is 2. The number of imidazole rings is 1. The van der Waals surface area contributed by atoms with E-state index in [1.807, 2.05) is 44.2 Å². The summed E-state index contributed by atoms with van der Waals surface area (Å²) in [6.07, 6.45) is 0.529. The summed E-state index contributed by atoms with van der Waals surface area (Å²) in [7, 11) is 3.29. The smallest absolute Gasteiger partial charge is 0.325 e. The number of carbonyl (C=O) groups is 3. The Kier molecular flexibility index (Phi) is 9.14. The molecule has 1 saturated heterocycles. The quantitative estimate of drug-likeness (QED) is 0.198. The predicted octanol–water partition coefficient (Wildman–Crippen LogP) is 6.15. The third-order valence-corrected chi connectivity index (χ3v) is 8.23. The highest BCUT2D eigenvalue weighted by Crippen LogP contribution is 2.40. The highest BCUT2D eigenvalue weighted by Gasteiger charge is 2.46. The van der Waals surface area contributed by atoms with Crippen LogP contribution in [0.5, 0.6) is 5.75 Å². The Hall–Kier alpha value is -4.51. The standard InChI is InChI=1S/C33H33BrFN5O4/c1-5-26-29(24-16-13-22(34)17-25(24)35)37-31(36-26)30(19(2)20-9-7-6-8-10-20)40-32(42)28(38-33(40)43)21-11-14-23(15-12-21)44-18-27(41)39(3)4/h6-17,19,28,30H,5,18H2,1-4H3,(H,36,37)(H,38,43)/t19-,28-,30+/m1/s1. The number of nitrogens with one attached hydrogen (secondary N) is 2. The number of nitrogens with zero attached hydrogens (tertiary/aromatic N) is 3. The molecule has 9 nitrogen and oxygen atoms in total. The van der Waals surface area contributed by atoms with Gasteiger partial charge in [0.15, 0.2) is 6.61 Å².